The Morgan fingerprint density at radius 2 is 1.36 bits per heavy atom. The largest absolute Gasteiger partial charge is 0.490 e. The number of rotatable bonds is 10. The van der Waals surface area contributed by atoms with E-state index in [-0.39, 0.29) is 35.1 Å². The third kappa shape index (κ3) is 8.35. The average Bonchev–Trinajstić information content (AvgIpc) is 3.03. The summed E-state index contributed by atoms with van der Waals surface area (Å²) in [5.74, 6) is 0.239. The number of hydrogen-bond acceptors (Lipinski definition) is 7. The standard InChI is InChI=1S/C33H30N4O8/c38-31(36-30-4-2-1-3-29(30)32(39)40)21-5-13-25(14-6-21)44-27-17-19-28(20-18-27)45-26-15-9-23(10-16-26)35-33(41)34-22-7-11-24(12-8-22)37(42)43/h1-8,11-14,17-20,23,26H,9-10,15-16H2,(H,36,38)(H,39,40)(H2,34,35,41). The van der Waals surface area contributed by atoms with Gasteiger partial charge in [-0.05, 0) is 98.5 Å². The maximum atomic E-state index is 12.6. The van der Waals surface area contributed by atoms with E-state index in [1.165, 1.54) is 36.4 Å². The van der Waals surface area contributed by atoms with Gasteiger partial charge in [0, 0.05) is 29.4 Å². The molecule has 4 N–H and O–H groups in total. The number of nitrogens with one attached hydrogen (secondary N) is 3. The molecule has 1 aliphatic carbocycles. The molecule has 45 heavy (non-hydrogen) atoms. The summed E-state index contributed by atoms with van der Waals surface area (Å²) in [4.78, 5) is 46.6. The Kier molecular flexibility index (Phi) is 9.53. The first-order chi connectivity index (χ1) is 21.7. The number of aromatic carboxylic acids is 1. The van der Waals surface area contributed by atoms with Crippen molar-refractivity contribution >= 4 is 35.0 Å². The topological polar surface area (TPSA) is 169 Å². The number of carboxylic acid groups (broad SMARTS) is 1. The lowest BCUT2D eigenvalue weighted by atomic mass is 9.93. The fraction of sp³-hybridized carbons (Fsp3) is 0.182. The van der Waals surface area contributed by atoms with Gasteiger partial charge in [0.05, 0.1) is 22.3 Å². The number of carbonyl (C=O) groups excluding carboxylic acids is 2. The first-order valence-corrected chi connectivity index (χ1v) is 14.2. The molecule has 0 aromatic heterocycles. The molecule has 12 heteroatoms. The quantitative estimate of drug-likeness (QED) is 0.112. The minimum absolute atomic E-state index is 0.00306. The summed E-state index contributed by atoms with van der Waals surface area (Å²) >= 11 is 0. The number of nitro groups is 1. The van der Waals surface area contributed by atoms with Crippen LogP contribution in [0.5, 0.6) is 17.2 Å². The average molecular weight is 611 g/mol. The van der Waals surface area contributed by atoms with Gasteiger partial charge in [0.15, 0.2) is 0 Å². The number of amides is 3. The second-order valence-corrected chi connectivity index (χ2v) is 10.4. The molecule has 0 radical (unpaired) electrons. The number of hydrogen-bond donors (Lipinski definition) is 4. The molecule has 5 rings (SSSR count). The molecule has 12 nitrogen and oxygen atoms in total. The summed E-state index contributed by atoms with van der Waals surface area (Å²) in [7, 11) is 0. The molecule has 1 fully saturated rings. The third-order valence-corrected chi connectivity index (χ3v) is 7.23. The smallest absolute Gasteiger partial charge is 0.337 e. The Labute approximate surface area is 258 Å². The zero-order valence-corrected chi connectivity index (χ0v) is 24.0. The first-order valence-electron chi connectivity index (χ1n) is 14.2. The maximum Gasteiger partial charge on any atom is 0.337 e. The van der Waals surface area contributed by atoms with Gasteiger partial charge in [0.2, 0.25) is 0 Å². The molecule has 0 unspecified atom stereocenters. The zero-order chi connectivity index (χ0) is 31.8. The zero-order valence-electron chi connectivity index (χ0n) is 24.0. The van der Waals surface area contributed by atoms with Gasteiger partial charge in [-0.3, -0.25) is 14.9 Å². The second-order valence-electron chi connectivity index (χ2n) is 10.4. The van der Waals surface area contributed by atoms with Crippen molar-refractivity contribution in [2.75, 3.05) is 10.6 Å². The molecule has 1 saturated carbocycles. The Balaban J connectivity index is 1.05. The molecule has 0 atom stereocenters. The van der Waals surface area contributed by atoms with Gasteiger partial charge in [0.25, 0.3) is 11.6 Å². The third-order valence-electron chi connectivity index (χ3n) is 7.23. The number of anilines is 2. The van der Waals surface area contributed by atoms with Crippen LogP contribution >= 0.6 is 0 Å². The molecule has 230 valence electrons. The van der Waals surface area contributed by atoms with E-state index in [1.807, 2.05) is 12.1 Å². The van der Waals surface area contributed by atoms with Crippen LogP contribution in [0.4, 0.5) is 21.9 Å². The van der Waals surface area contributed by atoms with E-state index in [1.54, 1.807) is 48.5 Å². The molecule has 0 saturated heterocycles. The summed E-state index contributed by atoms with van der Waals surface area (Å²) in [5, 5.41) is 28.4. The van der Waals surface area contributed by atoms with Crippen LogP contribution in [0.2, 0.25) is 0 Å². The summed E-state index contributed by atoms with van der Waals surface area (Å²) < 4.78 is 12.0. The Morgan fingerprint density at radius 1 is 0.756 bits per heavy atom. The molecule has 1 aliphatic rings. The van der Waals surface area contributed by atoms with Gasteiger partial charge in [-0.15, -0.1) is 0 Å². The number of nitrogens with zero attached hydrogens (tertiary/aromatic N) is 1. The van der Waals surface area contributed by atoms with E-state index in [0.717, 1.165) is 25.7 Å². The lowest BCUT2D eigenvalue weighted by Gasteiger charge is -2.29. The van der Waals surface area contributed by atoms with Gasteiger partial charge in [-0.1, -0.05) is 12.1 Å². The molecule has 0 spiro atoms. The Hall–Kier alpha value is -5.91. The van der Waals surface area contributed by atoms with Crippen molar-refractivity contribution in [3.8, 4) is 17.2 Å². The van der Waals surface area contributed by atoms with E-state index < -0.39 is 16.8 Å². The van der Waals surface area contributed by atoms with Crippen LogP contribution in [0, 0.1) is 10.1 Å². The normalized spacial score (nSPS) is 15.7. The van der Waals surface area contributed by atoms with E-state index in [4.69, 9.17) is 9.47 Å². The number of carboxylic acids is 1. The van der Waals surface area contributed by atoms with Crippen molar-refractivity contribution in [1.82, 2.24) is 5.32 Å². The van der Waals surface area contributed by atoms with Gasteiger partial charge in [0.1, 0.15) is 17.2 Å². The highest BCUT2D eigenvalue weighted by Gasteiger charge is 2.24. The number of carbonyl (C=O) groups is 3. The van der Waals surface area contributed by atoms with E-state index in [0.29, 0.717) is 28.5 Å². The maximum absolute atomic E-state index is 12.6. The predicted octanol–water partition coefficient (Wildman–Crippen LogP) is 6.85. The molecule has 4 aromatic carbocycles. The number of nitro benzene ring substituents is 1. The minimum atomic E-state index is -1.13. The highest BCUT2D eigenvalue weighted by molar-refractivity contribution is 6.07. The second kappa shape index (κ2) is 14.0. The summed E-state index contributed by atoms with van der Waals surface area (Å²) in [6.07, 6.45) is 3.04. The number of ether oxygens (including phenoxy) is 2. The summed E-state index contributed by atoms with van der Waals surface area (Å²) in [5.41, 5.74) is 1.00. The van der Waals surface area contributed by atoms with Crippen LogP contribution in [0.3, 0.4) is 0 Å². The highest BCUT2D eigenvalue weighted by atomic mass is 16.6. The van der Waals surface area contributed by atoms with Crippen molar-refractivity contribution in [2.45, 2.75) is 37.8 Å². The van der Waals surface area contributed by atoms with E-state index in [2.05, 4.69) is 16.0 Å². The molecule has 0 bridgehead atoms. The molecular weight excluding hydrogens is 580 g/mol. The Bertz CT molecular complexity index is 1670. The fourth-order valence-corrected chi connectivity index (χ4v) is 4.91. The highest BCUT2D eigenvalue weighted by Crippen LogP contribution is 2.28. The molecule has 0 aliphatic heterocycles. The van der Waals surface area contributed by atoms with Crippen molar-refractivity contribution in [3.63, 3.8) is 0 Å². The van der Waals surface area contributed by atoms with Crippen molar-refractivity contribution < 1.29 is 33.9 Å². The Morgan fingerprint density at radius 3 is 1.98 bits per heavy atom. The van der Waals surface area contributed by atoms with Crippen LogP contribution in [-0.2, 0) is 0 Å². The number of non-ortho nitro benzene ring substituents is 1. The van der Waals surface area contributed by atoms with Crippen LogP contribution in [-0.4, -0.2) is 40.1 Å². The molecule has 0 heterocycles. The van der Waals surface area contributed by atoms with E-state index in [9.17, 15) is 29.6 Å². The molecule has 3 amide bonds. The lowest BCUT2D eigenvalue weighted by molar-refractivity contribution is -0.384. The van der Waals surface area contributed by atoms with Crippen molar-refractivity contribution in [3.05, 3.63) is 118 Å². The van der Waals surface area contributed by atoms with Gasteiger partial charge in [-0.25, -0.2) is 9.59 Å². The van der Waals surface area contributed by atoms with Crippen molar-refractivity contribution in [2.24, 2.45) is 0 Å². The minimum Gasteiger partial charge on any atom is -0.490 e. The summed E-state index contributed by atoms with van der Waals surface area (Å²) in [6.45, 7) is 0. The monoisotopic (exact) mass is 610 g/mol. The first kappa shape index (κ1) is 30.5. The molecular formula is C33H30N4O8. The van der Waals surface area contributed by atoms with Crippen LogP contribution in [0.1, 0.15) is 46.4 Å². The van der Waals surface area contributed by atoms with Crippen LogP contribution < -0.4 is 25.4 Å². The SMILES string of the molecule is O=C(Nc1ccc([N+](=O)[O-])cc1)NC1CCC(Oc2ccc(Oc3ccc(C(=O)Nc4ccccc4C(=O)O)cc3)cc2)CC1. The van der Waals surface area contributed by atoms with Crippen molar-refractivity contribution in [1.29, 1.82) is 0 Å². The number of para-hydroxylation sites is 1. The summed E-state index contributed by atoms with van der Waals surface area (Å²) in [6, 6.07) is 25.2. The van der Waals surface area contributed by atoms with Crippen LogP contribution in [0.25, 0.3) is 0 Å². The molecule has 4 aromatic rings. The fourth-order valence-electron chi connectivity index (χ4n) is 4.91. The van der Waals surface area contributed by atoms with Crippen LogP contribution in [0.15, 0.2) is 97.1 Å². The lowest BCUT2D eigenvalue weighted by Crippen LogP contribution is -2.41. The van der Waals surface area contributed by atoms with Gasteiger partial charge < -0.3 is 30.5 Å². The van der Waals surface area contributed by atoms with E-state index >= 15 is 0 Å². The van der Waals surface area contributed by atoms with Gasteiger partial charge >= 0.3 is 12.0 Å². The number of urea groups is 1. The predicted molar refractivity (Wildman–Crippen MR) is 166 cm³/mol. The van der Waals surface area contributed by atoms with Gasteiger partial charge in [-0.2, -0.15) is 0 Å². The number of benzene rings is 4.